The van der Waals surface area contributed by atoms with Gasteiger partial charge >= 0.3 is 0 Å². The summed E-state index contributed by atoms with van der Waals surface area (Å²) < 4.78 is 0. The normalized spacial score (nSPS) is 11.5. The van der Waals surface area contributed by atoms with Gasteiger partial charge in [-0.25, -0.2) is 0 Å². The van der Waals surface area contributed by atoms with Gasteiger partial charge in [0, 0.05) is 32.6 Å². The molecule has 0 aliphatic rings. The zero-order chi connectivity index (χ0) is 10.4. The summed E-state index contributed by atoms with van der Waals surface area (Å²) in [6, 6.07) is 4.26. The highest BCUT2D eigenvalue weighted by Crippen LogP contribution is 2.09. The van der Waals surface area contributed by atoms with Gasteiger partial charge in [0.25, 0.3) is 0 Å². The Morgan fingerprint density at radius 1 is 1.64 bits per heavy atom. The van der Waals surface area contributed by atoms with Crippen LogP contribution in [0, 0.1) is 0 Å². The van der Waals surface area contributed by atoms with E-state index in [9.17, 15) is 0 Å². The lowest BCUT2D eigenvalue weighted by Gasteiger charge is -2.19. The van der Waals surface area contributed by atoms with Crippen molar-refractivity contribution in [2.24, 2.45) is 4.99 Å². The molecular formula is C10H17N3S. The van der Waals surface area contributed by atoms with Crippen molar-refractivity contribution in [3.8, 4) is 0 Å². The number of likely N-dealkylation sites (N-methyl/N-ethyl adjacent to an activating group) is 1. The Labute approximate surface area is 89.5 Å². The monoisotopic (exact) mass is 211 g/mol. The highest BCUT2D eigenvalue weighted by molar-refractivity contribution is 7.09. The molecule has 0 aromatic carbocycles. The predicted molar refractivity (Wildman–Crippen MR) is 63.1 cm³/mol. The first-order chi connectivity index (χ1) is 6.77. The Morgan fingerprint density at radius 3 is 2.93 bits per heavy atom. The number of thiophene rings is 1. The summed E-state index contributed by atoms with van der Waals surface area (Å²) in [6.45, 7) is 0.994. The molecule has 0 spiro atoms. The SMILES string of the molecule is CN=C(NC)N(C)CCc1cccs1. The van der Waals surface area contributed by atoms with Gasteiger partial charge in [0.05, 0.1) is 0 Å². The van der Waals surface area contributed by atoms with Crippen LogP contribution in [0.4, 0.5) is 0 Å². The lowest BCUT2D eigenvalue weighted by Crippen LogP contribution is -2.37. The van der Waals surface area contributed by atoms with Gasteiger partial charge in [-0.15, -0.1) is 11.3 Å². The maximum Gasteiger partial charge on any atom is 0.193 e. The van der Waals surface area contributed by atoms with Gasteiger partial charge < -0.3 is 10.2 Å². The van der Waals surface area contributed by atoms with E-state index in [1.807, 2.05) is 14.1 Å². The number of aliphatic imine (C=N–C) groups is 1. The van der Waals surface area contributed by atoms with Crippen LogP contribution in [0.15, 0.2) is 22.5 Å². The van der Waals surface area contributed by atoms with Gasteiger partial charge in [0.1, 0.15) is 0 Å². The number of hydrogen-bond acceptors (Lipinski definition) is 2. The molecule has 1 heterocycles. The third-order valence-electron chi connectivity index (χ3n) is 2.07. The van der Waals surface area contributed by atoms with E-state index in [1.54, 1.807) is 18.4 Å². The zero-order valence-corrected chi connectivity index (χ0v) is 9.77. The summed E-state index contributed by atoms with van der Waals surface area (Å²) >= 11 is 1.80. The Morgan fingerprint density at radius 2 is 2.43 bits per heavy atom. The van der Waals surface area contributed by atoms with E-state index in [0.29, 0.717) is 0 Å². The summed E-state index contributed by atoms with van der Waals surface area (Å²) in [5.41, 5.74) is 0. The van der Waals surface area contributed by atoms with Gasteiger partial charge in [-0.05, 0) is 17.9 Å². The molecule has 0 unspecified atom stereocenters. The molecule has 0 saturated heterocycles. The minimum absolute atomic E-state index is 0.932. The van der Waals surface area contributed by atoms with Crippen LogP contribution in [0.5, 0.6) is 0 Å². The van der Waals surface area contributed by atoms with E-state index in [4.69, 9.17) is 0 Å². The Hall–Kier alpha value is -1.03. The molecule has 78 valence electrons. The summed E-state index contributed by atoms with van der Waals surface area (Å²) in [5.74, 6) is 0.932. The molecule has 0 radical (unpaired) electrons. The lowest BCUT2D eigenvalue weighted by atomic mass is 10.3. The van der Waals surface area contributed by atoms with Crippen LogP contribution in [-0.4, -0.2) is 38.5 Å². The second-order valence-electron chi connectivity index (χ2n) is 3.05. The fourth-order valence-corrected chi connectivity index (χ4v) is 2.01. The highest BCUT2D eigenvalue weighted by Gasteiger charge is 2.03. The van der Waals surface area contributed by atoms with Crippen molar-refractivity contribution >= 4 is 17.3 Å². The van der Waals surface area contributed by atoms with Crippen molar-refractivity contribution < 1.29 is 0 Å². The Bertz CT molecular complexity index is 280. The van der Waals surface area contributed by atoms with E-state index in [0.717, 1.165) is 18.9 Å². The van der Waals surface area contributed by atoms with Crippen molar-refractivity contribution in [3.05, 3.63) is 22.4 Å². The van der Waals surface area contributed by atoms with Crippen LogP contribution in [-0.2, 0) is 6.42 Å². The summed E-state index contributed by atoms with van der Waals surface area (Å²) in [5, 5.41) is 5.17. The molecule has 0 atom stereocenters. The fourth-order valence-electron chi connectivity index (χ4n) is 1.31. The molecule has 0 saturated carbocycles. The Balaban J connectivity index is 2.38. The fraction of sp³-hybridized carbons (Fsp3) is 0.500. The van der Waals surface area contributed by atoms with Crippen molar-refractivity contribution in [2.45, 2.75) is 6.42 Å². The molecule has 1 N–H and O–H groups in total. The predicted octanol–water partition coefficient (Wildman–Crippen LogP) is 1.43. The maximum atomic E-state index is 4.14. The molecular weight excluding hydrogens is 194 g/mol. The van der Waals surface area contributed by atoms with E-state index in [1.165, 1.54) is 4.88 Å². The first kappa shape index (κ1) is 11.0. The van der Waals surface area contributed by atoms with E-state index >= 15 is 0 Å². The number of guanidine groups is 1. The number of nitrogens with one attached hydrogen (secondary N) is 1. The van der Waals surface area contributed by atoms with Gasteiger partial charge in [-0.1, -0.05) is 6.07 Å². The zero-order valence-electron chi connectivity index (χ0n) is 8.95. The summed E-state index contributed by atoms with van der Waals surface area (Å²) in [7, 11) is 5.74. The largest absolute Gasteiger partial charge is 0.359 e. The molecule has 0 fully saturated rings. The van der Waals surface area contributed by atoms with Crippen LogP contribution >= 0.6 is 11.3 Å². The molecule has 1 rings (SSSR count). The maximum absolute atomic E-state index is 4.14. The molecule has 14 heavy (non-hydrogen) atoms. The minimum Gasteiger partial charge on any atom is -0.359 e. The summed E-state index contributed by atoms with van der Waals surface area (Å²) in [6.07, 6.45) is 1.08. The lowest BCUT2D eigenvalue weighted by molar-refractivity contribution is 0.493. The number of hydrogen-bond donors (Lipinski definition) is 1. The van der Waals surface area contributed by atoms with Crippen molar-refractivity contribution in [1.29, 1.82) is 0 Å². The highest BCUT2D eigenvalue weighted by atomic mass is 32.1. The van der Waals surface area contributed by atoms with E-state index in [-0.39, 0.29) is 0 Å². The van der Waals surface area contributed by atoms with Crippen LogP contribution in [0.1, 0.15) is 4.88 Å². The Kier molecular flexibility index (Phi) is 4.46. The van der Waals surface area contributed by atoms with Gasteiger partial charge in [-0.3, -0.25) is 4.99 Å². The topological polar surface area (TPSA) is 27.6 Å². The summed E-state index contributed by atoms with van der Waals surface area (Å²) in [4.78, 5) is 7.69. The van der Waals surface area contributed by atoms with Crippen LogP contribution < -0.4 is 5.32 Å². The van der Waals surface area contributed by atoms with Gasteiger partial charge in [0.15, 0.2) is 5.96 Å². The number of rotatable bonds is 3. The average Bonchev–Trinajstić information content (AvgIpc) is 2.69. The molecule has 1 aromatic heterocycles. The minimum atomic E-state index is 0.932. The van der Waals surface area contributed by atoms with Crippen LogP contribution in [0.3, 0.4) is 0 Å². The third kappa shape index (κ3) is 3.03. The van der Waals surface area contributed by atoms with Gasteiger partial charge in [-0.2, -0.15) is 0 Å². The van der Waals surface area contributed by atoms with Crippen LogP contribution in [0.2, 0.25) is 0 Å². The number of nitrogens with zero attached hydrogens (tertiary/aromatic N) is 2. The molecule has 4 heteroatoms. The second kappa shape index (κ2) is 5.65. The van der Waals surface area contributed by atoms with Crippen LogP contribution in [0.25, 0.3) is 0 Å². The molecule has 0 amide bonds. The molecule has 0 bridgehead atoms. The molecule has 1 aromatic rings. The average molecular weight is 211 g/mol. The quantitative estimate of drug-likeness (QED) is 0.605. The third-order valence-corrected chi connectivity index (χ3v) is 3.01. The van der Waals surface area contributed by atoms with Crippen molar-refractivity contribution in [2.75, 3.05) is 27.7 Å². The second-order valence-corrected chi connectivity index (χ2v) is 4.08. The molecule has 0 aliphatic heterocycles. The molecule has 0 aliphatic carbocycles. The first-order valence-corrected chi connectivity index (χ1v) is 5.54. The van der Waals surface area contributed by atoms with E-state index in [2.05, 4.69) is 32.7 Å². The standard InChI is InChI=1S/C10H17N3S/c1-11-10(12-2)13(3)7-6-9-5-4-8-14-9/h4-5,8H,6-7H2,1-3H3,(H,11,12). The van der Waals surface area contributed by atoms with Gasteiger partial charge in [0.2, 0.25) is 0 Å². The molecule has 3 nitrogen and oxygen atoms in total. The first-order valence-electron chi connectivity index (χ1n) is 4.66. The smallest absolute Gasteiger partial charge is 0.193 e. The van der Waals surface area contributed by atoms with Crippen molar-refractivity contribution in [3.63, 3.8) is 0 Å². The van der Waals surface area contributed by atoms with Crippen molar-refractivity contribution in [1.82, 2.24) is 10.2 Å². The van der Waals surface area contributed by atoms with E-state index < -0.39 is 0 Å².